The van der Waals surface area contributed by atoms with Gasteiger partial charge in [0.1, 0.15) is 0 Å². The van der Waals surface area contributed by atoms with Crippen molar-refractivity contribution >= 4 is 17.4 Å². The molecule has 1 aromatic rings. The summed E-state index contributed by atoms with van der Waals surface area (Å²) in [6.45, 7) is 3.59. The molecule has 1 aliphatic carbocycles. The van der Waals surface area contributed by atoms with Gasteiger partial charge in [0, 0.05) is 36.1 Å². The van der Waals surface area contributed by atoms with Gasteiger partial charge in [0.05, 0.1) is 0 Å². The maximum Gasteiger partial charge on any atom is 0.0366 e. The SMILES string of the molecule is CSC1(CNC2CCN(c3ccccc3)CC2)CC1. The fraction of sp³-hybridized carbons (Fsp3) is 0.625. The normalized spacial score (nSPS) is 22.5. The van der Waals surface area contributed by atoms with Crippen LogP contribution < -0.4 is 10.2 Å². The number of para-hydroxylation sites is 1. The van der Waals surface area contributed by atoms with E-state index < -0.39 is 0 Å². The van der Waals surface area contributed by atoms with Crippen LogP contribution in [0.4, 0.5) is 5.69 Å². The minimum Gasteiger partial charge on any atom is -0.371 e. The molecular weight excluding hydrogens is 252 g/mol. The van der Waals surface area contributed by atoms with Crippen LogP contribution in [0.15, 0.2) is 30.3 Å². The molecule has 3 rings (SSSR count). The summed E-state index contributed by atoms with van der Waals surface area (Å²) in [5, 5.41) is 3.80. The summed E-state index contributed by atoms with van der Waals surface area (Å²) >= 11 is 2.05. The van der Waals surface area contributed by atoms with Crippen molar-refractivity contribution in [2.24, 2.45) is 0 Å². The number of piperidine rings is 1. The van der Waals surface area contributed by atoms with Crippen LogP contribution in [0.2, 0.25) is 0 Å². The van der Waals surface area contributed by atoms with E-state index in [-0.39, 0.29) is 0 Å². The van der Waals surface area contributed by atoms with Gasteiger partial charge in [0.25, 0.3) is 0 Å². The van der Waals surface area contributed by atoms with E-state index in [9.17, 15) is 0 Å². The highest BCUT2D eigenvalue weighted by Gasteiger charge is 2.41. The second-order valence-electron chi connectivity index (χ2n) is 5.86. The lowest BCUT2D eigenvalue weighted by atomic mass is 10.0. The van der Waals surface area contributed by atoms with Crippen molar-refractivity contribution in [1.82, 2.24) is 5.32 Å². The van der Waals surface area contributed by atoms with E-state index in [4.69, 9.17) is 0 Å². The summed E-state index contributed by atoms with van der Waals surface area (Å²) in [5.41, 5.74) is 1.38. The summed E-state index contributed by atoms with van der Waals surface area (Å²) in [6, 6.07) is 11.5. The molecule has 1 aromatic carbocycles. The maximum atomic E-state index is 3.80. The molecule has 0 spiro atoms. The van der Waals surface area contributed by atoms with E-state index >= 15 is 0 Å². The fourth-order valence-electron chi connectivity index (χ4n) is 2.90. The lowest BCUT2D eigenvalue weighted by Crippen LogP contribution is -2.44. The van der Waals surface area contributed by atoms with Gasteiger partial charge in [-0.05, 0) is 44.1 Å². The van der Waals surface area contributed by atoms with Crippen LogP contribution in [-0.2, 0) is 0 Å². The van der Waals surface area contributed by atoms with E-state index in [2.05, 4.69) is 58.6 Å². The summed E-state index contributed by atoms with van der Waals surface area (Å²) < 4.78 is 0.594. The van der Waals surface area contributed by atoms with Crippen LogP contribution in [0.1, 0.15) is 25.7 Å². The van der Waals surface area contributed by atoms with Gasteiger partial charge in [0.15, 0.2) is 0 Å². The van der Waals surface area contributed by atoms with Crippen molar-refractivity contribution in [2.75, 3.05) is 30.8 Å². The van der Waals surface area contributed by atoms with Gasteiger partial charge >= 0.3 is 0 Å². The molecule has 0 bridgehead atoms. The molecule has 1 saturated carbocycles. The molecule has 19 heavy (non-hydrogen) atoms. The molecular formula is C16H24N2S. The van der Waals surface area contributed by atoms with Crippen LogP contribution in [-0.4, -0.2) is 36.7 Å². The minimum atomic E-state index is 0.594. The Kier molecular flexibility index (Phi) is 4.04. The smallest absolute Gasteiger partial charge is 0.0366 e. The van der Waals surface area contributed by atoms with Crippen molar-refractivity contribution in [2.45, 2.75) is 36.5 Å². The number of benzene rings is 1. The number of hydrogen-bond acceptors (Lipinski definition) is 3. The Morgan fingerprint density at radius 2 is 1.89 bits per heavy atom. The first-order chi connectivity index (χ1) is 9.31. The maximum absolute atomic E-state index is 3.80. The van der Waals surface area contributed by atoms with Crippen LogP contribution in [0.25, 0.3) is 0 Å². The standard InChI is InChI=1S/C16H24N2S/c1-19-16(9-10-16)13-17-14-7-11-18(12-8-14)15-5-3-2-4-6-15/h2-6,14,17H,7-13H2,1H3. The molecule has 2 nitrogen and oxygen atoms in total. The molecule has 0 unspecified atom stereocenters. The van der Waals surface area contributed by atoms with E-state index in [1.165, 1.54) is 51.0 Å². The first-order valence-corrected chi connectivity index (χ1v) is 8.62. The van der Waals surface area contributed by atoms with E-state index in [1.807, 2.05) is 0 Å². The second kappa shape index (κ2) is 5.76. The van der Waals surface area contributed by atoms with Crippen LogP contribution in [0.5, 0.6) is 0 Å². The summed E-state index contributed by atoms with van der Waals surface area (Å²) in [6.07, 6.45) is 7.62. The highest BCUT2D eigenvalue weighted by molar-refractivity contribution is 8.00. The van der Waals surface area contributed by atoms with Crippen molar-refractivity contribution in [3.8, 4) is 0 Å². The summed E-state index contributed by atoms with van der Waals surface area (Å²) in [4.78, 5) is 2.51. The highest BCUT2D eigenvalue weighted by Crippen LogP contribution is 2.46. The molecule has 0 amide bonds. The van der Waals surface area contributed by atoms with Crippen LogP contribution >= 0.6 is 11.8 Å². The first-order valence-electron chi connectivity index (χ1n) is 7.40. The van der Waals surface area contributed by atoms with Gasteiger partial charge in [-0.2, -0.15) is 11.8 Å². The molecule has 1 N–H and O–H groups in total. The van der Waals surface area contributed by atoms with Gasteiger partial charge in [-0.25, -0.2) is 0 Å². The van der Waals surface area contributed by atoms with Crippen molar-refractivity contribution in [3.63, 3.8) is 0 Å². The Bertz CT molecular complexity index is 394. The van der Waals surface area contributed by atoms with Gasteiger partial charge in [0.2, 0.25) is 0 Å². The zero-order valence-corrected chi connectivity index (χ0v) is 12.6. The summed E-state index contributed by atoms with van der Waals surface area (Å²) in [5.74, 6) is 0. The Morgan fingerprint density at radius 3 is 2.47 bits per heavy atom. The number of nitrogens with one attached hydrogen (secondary N) is 1. The Balaban J connectivity index is 1.45. The number of thioether (sulfide) groups is 1. The van der Waals surface area contributed by atoms with E-state index in [0.717, 1.165) is 6.04 Å². The Labute approximate surface area is 121 Å². The number of anilines is 1. The number of hydrogen-bond donors (Lipinski definition) is 1. The van der Waals surface area contributed by atoms with Gasteiger partial charge in [-0.15, -0.1) is 0 Å². The molecule has 0 atom stereocenters. The van der Waals surface area contributed by atoms with Crippen molar-refractivity contribution < 1.29 is 0 Å². The first kappa shape index (κ1) is 13.3. The van der Waals surface area contributed by atoms with Gasteiger partial charge in [-0.1, -0.05) is 18.2 Å². The molecule has 1 heterocycles. The Hall–Kier alpha value is -0.670. The topological polar surface area (TPSA) is 15.3 Å². The van der Waals surface area contributed by atoms with E-state index in [0.29, 0.717) is 4.75 Å². The minimum absolute atomic E-state index is 0.594. The molecule has 104 valence electrons. The molecule has 1 saturated heterocycles. The second-order valence-corrected chi connectivity index (χ2v) is 7.14. The third kappa shape index (κ3) is 3.26. The highest BCUT2D eigenvalue weighted by atomic mass is 32.2. The third-order valence-electron chi connectivity index (χ3n) is 4.57. The van der Waals surface area contributed by atoms with Crippen molar-refractivity contribution in [1.29, 1.82) is 0 Å². The lowest BCUT2D eigenvalue weighted by Gasteiger charge is -2.34. The Morgan fingerprint density at radius 1 is 1.21 bits per heavy atom. The molecule has 2 aliphatic rings. The van der Waals surface area contributed by atoms with Crippen LogP contribution in [0, 0.1) is 0 Å². The monoisotopic (exact) mass is 276 g/mol. The van der Waals surface area contributed by atoms with Gasteiger partial charge < -0.3 is 10.2 Å². The molecule has 1 aliphatic heterocycles. The average Bonchev–Trinajstić information content (AvgIpc) is 3.27. The molecule has 0 radical (unpaired) electrons. The van der Waals surface area contributed by atoms with Crippen molar-refractivity contribution in [3.05, 3.63) is 30.3 Å². The third-order valence-corrected chi connectivity index (χ3v) is 5.99. The number of nitrogens with zero attached hydrogens (tertiary/aromatic N) is 1. The number of rotatable bonds is 5. The van der Waals surface area contributed by atoms with Gasteiger partial charge in [-0.3, -0.25) is 0 Å². The quantitative estimate of drug-likeness (QED) is 0.889. The molecule has 3 heteroatoms. The average molecular weight is 276 g/mol. The van der Waals surface area contributed by atoms with Crippen LogP contribution in [0.3, 0.4) is 0 Å². The van der Waals surface area contributed by atoms with E-state index in [1.54, 1.807) is 0 Å². The summed E-state index contributed by atoms with van der Waals surface area (Å²) in [7, 11) is 0. The zero-order valence-electron chi connectivity index (χ0n) is 11.8. The molecule has 0 aromatic heterocycles. The lowest BCUT2D eigenvalue weighted by molar-refractivity contribution is 0.413. The zero-order chi connectivity index (χ0) is 13.1. The predicted octanol–water partition coefficient (Wildman–Crippen LogP) is 3.14. The predicted molar refractivity (Wildman–Crippen MR) is 85.2 cm³/mol. The largest absolute Gasteiger partial charge is 0.371 e. The fourth-order valence-corrected chi connectivity index (χ4v) is 3.64. The molecule has 2 fully saturated rings.